The molecular formula is C15H18O3. The molecule has 18 heavy (non-hydrogen) atoms. The van der Waals surface area contributed by atoms with Crippen LogP contribution in [0.1, 0.15) is 36.8 Å². The Kier molecular flexibility index (Phi) is 2.58. The second-order valence-corrected chi connectivity index (χ2v) is 5.48. The molecule has 1 aromatic carbocycles. The van der Waals surface area contributed by atoms with E-state index in [0.717, 1.165) is 32.1 Å². The first-order valence-corrected chi connectivity index (χ1v) is 6.57. The fourth-order valence-electron chi connectivity index (χ4n) is 3.47. The van der Waals surface area contributed by atoms with E-state index in [2.05, 4.69) is 0 Å². The van der Waals surface area contributed by atoms with Crippen molar-refractivity contribution < 1.29 is 14.6 Å². The van der Waals surface area contributed by atoms with Crippen LogP contribution in [0.15, 0.2) is 18.2 Å². The largest absolute Gasteiger partial charge is 0.508 e. The molecule has 1 aromatic rings. The Balaban J connectivity index is 2.03. The quantitative estimate of drug-likeness (QED) is 0.775. The highest BCUT2D eigenvalue weighted by molar-refractivity contribution is 5.79. The molecule has 96 valence electrons. The summed E-state index contributed by atoms with van der Waals surface area (Å²) in [4.78, 5) is 11.8. The first kappa shape index (κ1) is 11.6. The molecule has 0 aliphatic heterocycles. The molecule has 1 N–H and O–H groups in total. The van der Waals surface area contributed by atoms with Crippen molar-refractivity contribution in [3.05, 3.63) is 29.3 Å². The molecule has 3 nitrogen and oxygen atoms in total. The number of esters is 1. The summed E-state index contributed by atoms with van der Waals surface area (Å²) in [7, 11) is 1.45. The number of aromatic hydroxyl groups is 1. The number of carbonyl (C=O) groups is 1. The van der Waals surface area contributed by atoms with Gasteiger partial charge in [-0.3, -0.25) is 4.79 Å². The molecule has 2 aliphatic rings. The van der Waals surface area contributed by atoms with Crippen LogP contribution in [0, 0.1) is 5.92 Å². The van der Waals surface area contributed by atoms with Gasteiger partial charge in [0.1, 0.15) is 5.75 Å². The van der Waals surface area contributed by atoms with Gasteiger partial charge in [0.05, 0.1) is 13.0 Å². The molecule has 1 fully saturated rings. The summed E-state index contributed by atoms with van der Waals surface area (Å²) >= 11 is 0. The summed E-state index contributed by atoms with van der Waals surface area (Å²) in [5, 5.41) is 9.71. The van der Waals surface area contributed by atoms with Gasteiger partial charge >= 0.3 is 5.97 Å². The molecule has 0 radical (unpaired) electrons. The van der Waals surface area contributed by atoms with Gasteiger partial charge < -0.3 is 9.84 Å². The molecule has 0 heterocycles. The Morgan fingerprint density at radius 1 is 1.44 bits per heavy atom. The number of phenolic OH excluding ortho intramolecular Hbond substituents is 1. The molecule has 2 atom stereocenters. The van der Waals surface area contributed by atoms with Crippen LogP contribution in [-0.4, -0.2) is 18.2 Å². The van der Waals surface area contributed by atoms with Crippen LogP contribution in [0.2, 0.25) is 0 Å². The molecule has 1 saturated carbocycles. The van der Waals surface area contributed by atoms with Gasteiger partial charge in [-0.25, -0.2) is 0 Å². The van der Waals surface area contributed by atoms with Crippen LogP contribution < -0.4 is 0 Å². The van der Waals surface area contributed by atoms with E-state index in [4.69, 9.17) is 4.74 Å². The Bertz CT molecular complexity index is 495. The second kappa shape index (κ2) is 4.01. The van der Waals surface area contributed by atoms with Crippen LogP contribution in [0.3, 0.4) is 0 Å². The minimum atomic E-state index is -0.105. The standard InChI is InChI=1S/C15H18O3/c1-18-14(17)13-9-15(13)7-3-2-4-10-5-6-11(16)8-12(10)15/h5-6,8,13,16H,2-4,7,9H2,1H3/t13-,15-/m1/s1. The first-order chi connectivity index (χ1) is 8.67. The lowest BCUT2D eigenvalue weighted by molar-refractivity contribution is -0.142. The molecule has 0 amide bonds. The number of fused-ring (bicyclic) bond motifs is 2. The maximum absolute atomic E-state index is 11.8. The number of benzene rings is 1. The highest BCUT2D eigenvalue weighted by Gasteiger charge is 2.60. The third-order valence-electron chi connectivity index (χ3n) is 4.51. The summed E-state index contributed by atoms with van der Waals surface area (Å²) in [6.45, 7) is 0. The zero-order valence-electron chi connectivity index (χ0n) is 10.6. The van der Waals surface area contributed by atoms with Crippen LogP contribution in [0.5, 0.6) is 5.75 Å². The first-order valence-electron chi connectivity index (χ1n) is 6.57. The van der Waals surface area contributed by atoms with E-state index >= 15 is 0 Å². The molecule has 0 aromatic heterocycles. The lowest BCUT2D eigenvalue weighted by Crippen LogP contribution is -2.17. The van der Waals surface area contributed by atoms with Crippen molar-refractivity contribution in [2.24, 2.45) is 5.92 Å². The summed E-state index contributed by atoms with van der Waals surface area (Å²) < 4.78 is 4.89. The monoisotopic (exact) mass is 246 g/mol. The number of ether oxygens (including phenoxy) is 1. The van der Waals surface area contributed by atoms with Gasteiger partial charge in [-0.2, -0.15) is 0 Å². The zero-order valence-corrected chi connectivity index (χ0v) is 10.6. The van der Waals surface area contributed by atoms with Crippen molar-refractivity contribution in [1.82, 2.24) is 0 Å². The fraction of sp³-hybridized carbons (Fsp3) is 0.533. The van der Waals surface area contributed by atoms with Crippen LogP contribution >= 0.6 is 0 Å². The number of rotatable bonds is 1. The Morgan fingerprint density at radius 2 is 2.28 bits per heavy atom. The van der Waals surface area contributed by atoms with Crippen molar-refractivity contribution in [2.45, 2.75) is 37.5 Å². The summed E-state index contributed by atoms with van der Waals surface area (Å²) in [6.07, 6.45) is 5.25. The second-order valence-electron chi connectivity index (χ2n) is 5.48. The Morgan fingerprint density at radius 3 is 3.06 bits per heavy atom. The Labute approximate surface area is 107 Å². The van der Waals surface area contributed by atoms with Gasteiger partial charge in [-0.15, -0.1) is 0 Å². The van der Waals surface area contributed by atoms with Gasteiger partial charge in [-0.1, -0.05) is 12.5 Å². The van der Waals surface area contributed by atoms with E-state index in [1.54, 1.807) is 6.07 Å². The van der Waals surface area contributed by atoms with Gasteiger partial charge in [0.15, 0.2) is 0 Å². The fourth-order valence-corrected chi connectivity index (χ4v) is 3.47. The molecule has 0 saturated heterocycles. The van der Waals surface area contributed by atoms with Gasteiger partial charge in [-0.05, 0) is 48.9 Å². The molecule has 2 aliphatic carbocycles. The molecule has 1 spiro atoms. The van der Waals surface area contributed by atoms with Crippen LogP contribution in [0.4, 0.5) is 0 Å². The van der Waals surface area contributed by atoms with Gasteiger partial charge in [0, 0.05) is 5.41 Å². The number of hydrogen-bond donors (Lipinski definition) is 1. The predicted molar refractivity (Wildman–Crippen MR) is 67.5 cm³/mol. The van der Waals surface area contributed by atoms with Crippen LogP contribution in [-0.2, 0) is 21.4 Å². The number of hydrogen-bond acceptors (Lipinski definition) is 3. The van der Waals surface area contributed by atoms with E-state index in [9.17, 15) is 9.90 Å². The number of aryl methyl sites for hydroxylation is 1. The van der Waals surface area contributed by atoms with Crippen molar-refractivity contribution in [3.8, 4) is 5.75 Å². The lowest BCUT2D eigenvalue weighted by Gasteiger charge is -2.18. The highest BCUT2D eigenvalue weighted by Crippen LogP contribution is 2.60. The van der Waals surface area contributed by atoms with Crippen molar-refractivity contribution in [1.29, 1.82) is 0 Å². The SMILES string of the molecule is COC(=O)[C@H]1C[C@@]12CCCCc1ccc(O)cc12. The molecule has 0 bridgehead atoms. The third-order valence-corrected chi connectivity index (χ3v) is 4.51. The van der Waals surface area contributed by atoms with E-state index in [0.29, 0.717) is 5.75 Å². The van der Waals surface area contributed by atoms with E-state index in [-0.39, 0.29) is 17.3 Å². The number of phenols is 1. The van der Waals surface area contributed by atoms with Crippen molar-refractivity contribution in [3.63, 3.8) is 0 Å². The molecule has 3 heteroatoms. The highest BCUT2D eigenvalue weighted by atomic mass is 16.5. The van der Waals surface area contributed by atoms with Gasteiger partial charge in [0.25, 0.3) is 0 Å². The molecular weight excluding hydrogens is 228 g/mol. The van der Waals surface area contributed by atoms with Crippen molar-refractivity contribution >= 4 is 5.97 Å². The number of carbonyl (C=O) groups excluding carboxylic acids is 1. The smallest absolute Gasteiger partial charge is 0.309 e. The molecule has 0 unspecified atom stereocenters. The summed E-state index contributed by atoms with van der Waals surface area (Å²) in [5.74, 6) is 0.179. The summed E-state index contributed by atoms with van der Waals surface area (Å²) in [5.41, 5.74) is 2.41. The molecule has 3 rings (SSSR count). The van der Waals surface area contributed by atoms with Crippen LogP contribution in [0.25, 0.3) is 0 Å². The average molecular weight is 246 g/mol. The minimum Gasteiger partial charge on any atom is -0.508 e. The predicted octanol–water partition coefficient (Wildman–Crippen LogP) is 2.55. The van der Waals surface area contributed by atoms with E-state index in [1.807, 2.05) is 12.1 Å². The van der Waals surface area contributed by atoms with E-state index in [1.165, 1.54) is 18.2 Å². The topological polar surface area (TPSA) is 46.5 Å². The van der Waals surface area contributed by atoms with E-state index < -0.39 is 0 Å². The number of methoxy groups -OCH3 is 1. The lowest BCUT2D eigenvalue weighted by atomic mass is 9.87. The maximum atomic E-state index is 11.8. The van der Waals surface area contributed by atoms with Gasteiger partial charge in [0.2, 0.25) is 0 Å². The third kappa shape index (κ3) is 1.61. The maximum Gasteiger partial charge on any atom is 0.309 e. The Hall–Kier alpha value is -1.51. The zero-order chi connectivity index (χ0) is 12.8. The van der Waals surface area contributed by atoms with Crippen molar-refractivity contribution in [2.75, 3.05) is 7.11 Å². The normalized spacial score (nSPS) is 29.5. The minimum absolute atomic E-state index is 0.0128. The average Bonchev–Trinajstić information content (AvgIpc) is 3.13. The summed E-state index contributed by atoms with van der Waals surface area (Å²) in [6, 6.07) is 5.60.